The summed E-state index contributed by atoms with van der Waals surface area (Å²) in [6.07, 6.45) is 6.24. The first-order valence-corrected chi connectivity index (χ1v) is 10.7. The second-order valence-electron chi connectivity index (χ2n) is 8.63. The van der Waals surface area contributed by atoms with E-state index in [2.05, 4.69) is 22.5 Å². The zero-order chi connectivity index (χ0) is 20.8. The average Bonchev–Trinajstić information content (AvgIpc) is 3.10. The predicted octanol–water partition coefficient (Wildman–Crippen LogP) is 4.16. The molecule has 3 atom stereocenters. The summed E-state index contributed by atoms with van der Waals surface area (Å²) in [6.45, 7) is 6.47. The minimum Gasteiger partial charge on any atom is -0.449 e. The van der Waals surface area contributed by atoms with Gasteiger partial charge in [0.15, 0.2) is 0 Å². The van der Waals surface area contributed by atoms with Gasteiger partial charge in [0.05, 0.1) is 6.61 Å². The van der Waals surface area contributed by atoms with Crippen molar-refractivity contribution in [3.8, 4) is 0 Å². The molecule has 1 aliphatic rings. The van der Waals surface area contributed by atoms with E-state index in [-0.39, 0.29) is 17.9 Å². The summed E-state index contributed by atoms with van der Waals surface area (Å²) in [5.74, 6) is 0.551. The first kappa shape index (κ1) is 21.2. The summed E-state index contributed by atoms with van der Waals surface area (Å²) in [6, 6.07) is 7.46. The molecule has 3 N–H and O–H groups in total. The first-order valence-electron chi connectivity index (χ1n) is 10.7. The van der Waals surface area contributed by atoms with Gasteiger partial charge in [-0.05, 0) is 36.3 Å². The van der Waals surface area contributed by atoms with Crippen molar-refractivity contribution in [2.24, 2.45) is 11.8 Å². The van der Waals surface area contributed by atoms with Gasteiger partial charge >= 0.3 is 6.09 Å². The van der Waals surface area contributed by atoms with Crippen molar-refractivity contribution in [3.63, 3.8) is 0 Å². The number of aromatic nitrogens is 1. The van der Waals surface area contributed by atoms with Crippen LogP contribution >= 0.6 is 0 Å². The first-order chi connectivity index (χ1) is 13.9. The summed E-state index contributed by atoms with van der Waals surface area (Å²) in [5.41, 5.74) is 2.02. The molecule has 6 nitrogen and oxygen atoms in total. The maximum Gasteiger partial charge on any atom is 0.407 e. The van der Waals surface area contributed by atoms with Crippen molar-refractivity contribution in [1.29, 1.82) is 0 Å². The van der Waals surface area contributed by atoms with Crippen LogP contribution in [0.25, 0.3) is 10.9 Å². The largest absolute Gasteiger partial charge is 0.449 e. The number of hydrogen-bond donors (Lipinski definition) is 3. The number of carbonyl (C=O) groups is 2. The lowest BCUT2D eigenvalue weighted by molar-refractivity contribution is -0.124. The molecule has 0 radical (unpaired) electrons. The van der Waals surface area contributed by atoms with Crippen LogP contribution < -0.4 is 10.6 Å². The number of ether oxygens (including phenoxy) is 1. The molecule has 0 spiro atoms. The Morgan fingerprint density at radius 1 is 1.21 bits per heavy atom. The number of H-pyrrole nitrogens is 1. The summed E-state index contributed by atoms with van der Waals surface area (Å²) in [4.78, 5) is 28.6. The lowest BCUT2D eigenvalue weighted by Gasteiger charge is -2.31. The third-order valence-corrected chi connectivity index (χ3v) is 5.69. The molecule has 1 saturated carbocycles. The van der Waals surface area contributed by atoms with Crippen molar-refractivity contribution in [1.82, 2.24) is 15.6 Å². The van der Waals surface area contributed by atoms with Crippen molar-refractivity contribution in [3.05, 3.63) is 36.0 Å². The Kier molecular flexibility index (Phi) is 7.18. The van der Waals surface area contributed by atoms with Crippen LogP contribution in [-0.4, -0.2) is 35.7 Å². The number of alkyl carbamates (subject to hydrolysis) is 1. The van der Waals surface area contributed by atoms with Gasteiger partial charge in [-0.25, -0.2) is 4.79 Å². The summed E-state index contributed by atoms with van der Waals surface area (Å²) < 4.78 is 5.26. The highest BCUT2D eigenvalue weighted by Gasteiger charge is 2.28. The number of rotatable bonds is 7. The Hall–Kier alpha value is -2.50. The van der Waals surface area contributed by atoms with Gasteiger partial charge in [0.25, 0.3) is 0 Å². The van der Waals surface area contributed by atoms with E-state index in [4.69, 9.17) is 4.74 Å². The number of fused-ring (bicyclic) bond motifs is 1. The van der Waals surface area contributed by atoms with Gasteiger partial charge in [0, 0.05) is 29.6 Å². The molecule has 2 aromatic rings. The van der Waals surface area contributed by atoms with Gasteiger partial charge in [-0.3, -0.25) is 4.79 Å². The molecule has 6 heteroatoms. The molecular weight excluding hydrogens is 366 g/mol. The molecule has 0 bridgehead atoms. The number of para-hydroxylation sites is 1. The molecule has 29 heavy (non-hydrogen) atoms. The van der Waals surface area contributed by atoms with E-state index in [1.54, 1.807) is 0 Å². The average molecular weight is 400 g/mol. The Balaban J connectivity index is 1.73. The highest BCUT2D eigenvalue weighted by molar-refractivity contribution is 5.88. The molecule has 1 aromatic heterocycles. The van der Waals surface area contributed by atoms with E-state index in [1.165, 1.54) is 6.42 Å². The number of hydrogen-bond acceptors (Lipinski definition) is 3. The van der Waals surface area contributed by atoms with Crippen molar-refractivity contribution >= 4 is 22.9 Å². The van der Waals surface area contributed by atoms with E-state index < -0.39 is 12.1 Å². The molecule has 2 amide bonds. The Morgan fingerprint density at radius 3 is 2.72 bits per heavy atom. The van der Waals surface area contributed by atoms with Gasteiger partial charge in [-0.2, -0.15) is 0 Å². The predicted molar refractivity (Wildman–Crippen MR) is 115 cm³/mol. The Labute approximate surface area is 172 Å². The number of carbonyl (C=O) groups excluding carboxylic acids is 2. The third kappa shape index (κ3) is 5.75. The molecule has 0 saturated heterocycles. The number of aromatic amines is 1. The van der Waals surface area contributed by atoms with Crippen LogP contribution in [0.2, 0.25) is 0 Å². The standard InChI is InChI=1S/C23H33N3O3/c1-15(2)14-29-23(28)26-21(22(27)25-19-10-6-4-8-16(19)3)12-17-13-24-20-11-7-5-9-18(17)20/h5,7,9,11,13,15-16,19,21,24H,4,6,8,10,12,14H2,1-3H3,(H,25,27)(H,26,28). The van der Waals surface area contributed by atoms with E-state index in [0.29, 0.717) is 18.9 Å². The van der Waals surface area contributed by atoms with Crippen LogP contribution in [-0.2, 0) is 16.0 Å². The van der Waals surface area contributed by atoms with Crippen molar-refractivity contribution < 1.29 is 14.3 Å². The fourth-order valence-corrected chi connectivity index (χ4v) is 3.97. The molecule has 1 heterocycles. The lowest BCUT2D eigenvalue weighted by atomic mass is 9.85. The minimum absolute atomic E-state index is 0.143. The number of amides is 2. The van der Waals surface area contributed by atoms with Gasteiger partial charge in [0.1, 0.15) is 6.04 Å². The smallest absolute Gasteiger partial charge is 0.407 e. The third-order valence-electron chi connectivity index (χ3n) is 5.69. The van der Waals surface area contributed by atoms with Crippen LogP contribution in [0.5, 0.6) is 0 Å². The molecule has 0 aliphatic heterocycles. The zero-order valence-electron chi connectivity index (χ0n) is 17.7. The van der Waals surface area contributed by atoms with E-state index >= 15 is 0 Å². The second-order valence-corrected chi connectivity index (χ2v) is 8.63. The SMILES string of the molecule is CC(C)COC(=O)NC(Cc1c[nH]c2ccccc12)C(=O)NC1CCCCC1C. The molecule has 1 fully saturated rings. The minimum atomic E-state index is -0.678. The van der Waals surface area contributed by atoms with Gasteiger partial charge in [0.2, 0.25) is 5.91 Å². The summed E-state index contributed by atoms with van der Waals surface area (Å²) in [7, 11) is 0. The van der Waals surface area contributed by atoms with Crippen LogP contribution in [0, 0.1) is 11.8 Å². The van der Waals surface area contributed by atoms with Crippen LogP contribution in [0.1, 0.15) is 52.0 Å². The molecule has 3 rings (SSSR count). The van der Waals surface area contributed by atoms with Crippen LogP contribution in [0.15, 0.2) is 30.5 Å². The molecular formula is C23H33N3O3. The van der Waals surface area contributed by atoms with Crippen LogP contribution in [0.3, 0.4) is 0 Å². The van der Waals surface area contributed by atoms with Gasteiger partial charge in [-0.15, -0.1) is 0 Å². The highest BCUT2D eigenvalue weighted by Crippen LogP contribution is 2.24. The number of nitrogens with one attached hydrogen (secondary N) is 3. The highest BCUT2D eigenvalue weighted by atomic mass is 16.5. The maximum atomic E-state index is 13.1. The van der Waals surface area contributed by atoms with E-state index in [1.807, 2.05) is 44.3 Å². The fraction of sp³-hybridized carbons (Fsp3) is 0.565. The zero-order valence-corrected chi connectivity index (χ0v) is 17.7. The Bertz CT molecular complexity index is 830. The lowest BCUT2D eigenvalue weighted by Crippen LogP contribution is -2.52. The molecule has 3 unspecified atom stereocenters. The maximum absolute atomic E-state index is 13.1. The second kappa shape index (κ2) is 9.81. The van der Waals surface area contributed by atoms with E-state index in [0.717, 1.165) is 35.7 Å². The quantitative estimate of drug-likeness (QED) is 0.654. The summed E-state index contributed by atoms with van der Waals surface area (Å²) in [5, 5.41) is 7.04. The number of benzene rings is 1. The van der Waals surface area contributed by atoms with Gasteiger partial charge < -0.3 is 20.4 Å². The van der Waals surface area contributed by atoms with Crippen LogP contribution in [0.4, 0.5) is 4.79 Å². The summed E-state index contributed by atoms with van der Waals surface area (Å²) >= 11 is 0. The van der Waals surface area contributed by atoms with Gasteiger partial charge in [-0.1, -0.05) is 51.8 Å². The van der Waals surface area contributed by atoms with Crippen molar-refractivity contribution in [2.75, 3.05) is 6.61 Å². The Morgan fingerprint density at radius 2 is 1.97 bits per heavy atom. The molecule has 158 valence electrons. The monoisotopic (exact) mass is 399 g/mol. The van der Waals surface area contributed by atoms with Crippen molar-refractivity contribution in [2.45, 2.75) is 65.0 Å². The molecule has 1 aromatic carbocycles. The normalized spacial score (nSPS) is 20.4. The molecule has 1 aliphatic carbocycles. The topological polar surface area (TPSA) is 83.2 Å². The fourth-order valence-electron chi connectivity index (χ4n) is 3.97. The van der Waals surface area contributed by atoms with E-state index in [9.17, 15) is 9.59 Å².